The van der Waals surface area contributed by atoms with Crippen LogP contribution in [0.15, 0.2) is 18.3 Å². The van der Waals surface area contributed by atoms with E-state index in [1.54, 1.807) is 10.7 Å². The number of nitriles is 1. The van der Waals surface area contributed by atoms with E-state index in [-0.39, 0.29) is 0 Å². The van der Waals surface area contributed by atoms with Crippen LogP contribution in [0.2, 0.25) is 0 Å². The Labute approximate surface area is 98.9 Å². The van der Waals surface area contributed by atoms with Gasteiger partial charge >= 0.3 is 0 Å². The summed E-state index contributed by atoms with van der Waals surface area (Å²) in [7, 11) is 1.86. The van der Waals surface area contributed by atoms with Crippen molar-refractivity contribution >= 4 is 5.95 Å². The molecule has 0 saturated carbocycles. The van der Waals surface area contributed by atoms with E-state index in [0.717, 1.165) is 11.4 Å². The molecule has 0 aromatic carbocycles. The van der Waals surface area contributed by atoms with Gasteiger partial charge in [0.05, 0.1) is 12.2 Å². The maximum Gasteiger partial charge on any atom is 0.224 e. The van der Waals surface area contributed by atoms with Gasteiger partial charge in [0.15, 0.2) is 0 Å². The lowest BCUT2D eigenvalue weighted by Gasteiger charge is -2.03. The molecule has 2 aromatic heterocycles. The van der Waals surface area contributed by atoms with E-state index in [2.05, 4.69) is 20.4 Å². The zero-order valence-electron chi connectivity index (χ0n) is 9.68. The molecule has 0 aliphatic carbocycles. The molecule has 0 bridgehead atoms. The monoisotopic (exact) mass is 228 g/mol. The first kappa shape index (κ1) is 11.1. The van der Waals surface area contributed by atoms with Crippen LogP contribution in [0.3, 0.4) is 0 Å². The first-order valence-corrected chi connectivity index (χ1v) is 5.15. The fraction of sp³-hybridized carbons (Fsp3) is 0.273. The summed E-state index contributed by atoms with van der Waals surface area (Å²) in [5, 5.41) is 16.1. The van der Waals surface area contributed by atoms with Crippen LogP contribution in [0.1, 0.15) is 17.1 Å². The fourth-order valence-corrected chi connectivity index (χ4v) is 1.43. The second-order valence-electron chi connectivity index (χ2n) is 3.66. The first-order chi connectivity index (χ1) is 8.17. The Morgan fingerprint density at radius 1 is 1.47 bits per heavy atom. The zero-order chi connectivity index (χ0) is 12.3. The first-order valence-electron chi connectivity index (χ1n) is 5.15. The largest absolute Gasteiger partial charge is 0.348 e. The number of anilines is 1. The Morgan fingerprint density at radius 3 is 2.94 bits per heavy atom. The maximum atomic E-state index is 8.79. The molecule has 0 radical (unpaired) electrons. The molecule has 2 aromatic rings. The SMILES string of the molecule is Cc1cc(C#N)nc(NCc2ccn(C)n2)n1. The Morgan fingerprint density at radius 2 is 2.29 bits per heavy atom. The van der Waals surface area contributed by atoms with E-state index >= 15 is 0 Å². The zero-order valence-corrected chi connectivity index (χ0v) is 9.68. The molecule has 17 heavy (non-hydrogen) atoms. The van der Waals surface area contributed by atoms with Crippen molar-refractivity contribution in [1.29, 1.82) is 5.26 Å². The minimum atomic E-state index is 0.362. The predicted molar refractivity (Wildman–Crippen MR) is 62.0 cm³/mol. The third-order valence-corrected chi connectivity index (χ3v) is 2.17. The topological polar surface area (TPSA) is 79.4 Å². The Hall–Kier alpha value is -2.42. The molecule has 86 valence electrons. The lowest BCUT2D eigenvalue weighted by Crippen LogP contribution is -2.06. The van der Waals surface area contributed by atoms with Crippen molar-refractivity contribution in [2.75, 3.05) is 5.32 Å². The lowest BCUT2D eigenvalue weighted by atomic mass is 10.3. The van der Waals surface area contributed by atoms with Crippen molar-refractivity contribution in [3.63, 3.8) is 0 Å². The number of rotatable bonds is 3. The van der Waals surface area contributed by atoms with E-state index in [4.69, 9.17) is 5.26 Å². The summed E-state index contributed by atoms with van der Waals surface area (Å²) >= 11 is 0. The fourth-order valence-electron chi connectivity index (χ4n) is 1.43. The van der Waals surface area contributed by atoms with Crippen molar-refractivity contribution in [2.45, 2.75) is 13.5 Å². The Kier molecular flexibility index (Phi) is 3.01. The van der Waals surface area contributed by atoms with Crippen LogP contribution < -0.4 is 5.32 Å². The van der Waals surface area contributed by atoms with Gasteiger partial charge in [-0.05, 0) is 19.1 Å². The molecule has 6 nitrogen and oxygen atoms in total. The summed E-state index contributed by atoms with van der Waals surface area (Å²) in [6, 6.07) is 5.56. The Bertz CT molecular complexity index is 566. The van der Waals surface area contributed by atoms with Gasteiger partial charge in [-0.25, -0.2) is 9.97 Å². The van der Waals surface area contributed by atoms with Crippen molar-refractivity contribution in [3.05, 3.63) is 35.4 Å². The van der Waals surface area contributed by atoms with Crippen molar-refractivity contribution in [2.24, 2.45) is 7.05 Å². The molecule has 1 N–H and O–H groups in total. The minimum absolute atomic E-state index is 0.362. The molecule has 2 heterocycles. The summed E-state index contributed by atoms with van der Waals surface area (Å²) < 4.78 is 1.73. The second kappa shape index (κ2) is 4.61. The molecule has 0 fully saturated rings. The van der Waals surface area contributed by atoms with E-state index < -0.39 is 0 Å². The van der Waals surface area contributed by atoms with E-state index in [9.17, 15) is 0 Å². The van der Waals surface area contributed by atoms with Gasteiger partial charge in [-0.1, -0.05) is 0 Å². The van der Waals surface area contributed by atoms with E-state index in [0.29, 0.717) is 18.2 Å². The average Bonchev–Trinajstić information content (AvgIpc) is 2.72. The van der Waals surface area contributed by atoms with Crippen molar-refractivity contribution in [1.82, 2.24) is 19.7 Å². The number of hydrogen-bond acceptors (Lipinski definition) is 5. The normalized spacial score (nSPS) is 9.94. The molecule has 0 amide bonds. The van der Waals surface area contributed by atoms with Crippen molar-refractivity contribution in [3.8, 4) is 6.07 Å². The summed E-state index contributed by atoms with van der Waals surface area (Å²) in [5.41, 5.74) is 2.03. The quantitative estimate of drug-likeness (QED) is 0.847. The smallest absolute Gasteiger partial charge is 0.224 e. The summed E-state index contributed by atoms with van der Waals surface area (Å²) in [6.45, 7) is 2.36. The number of hydrogen-bond donors (Lipinski definition) is 1. The molecule has 0 aliphatic heterocycles. The number of nitrogens with zero attached hydrogens (tertiary/aromatic N) is 5. The second-order valence-corrected chi connectivity index (χ2v) is 3.66. The van der Waals surface area contributed by atoms with Crippen LogP contribution in [0.25, 0.3) is 0 Å². The lowest BCUT2D eigenvalue weighted by molar-refractivity contribution is 0.746. The van der Waals surface area contributed by atoms with Gasteiger partial charge < -0.3 is 5.32 Å². The minimum Gasteiger partial charge on any atom is -0.348 e. The van der Waals surface area contributed by atoms with Crippen LogP contribution >= 0.6 is 0 Å². The van der Waals surface area contributed by atoms with Gasteiger partial charge in [0.1, 0.15) is 11.8 Å². The van der Waals surface area contributed by atoms with Gasteiger partial charge in [-0.15, -0.1) is 0 Å². The number of aryl methyl sites for hydroxylation is 2. The molecule has 0 aliphatic rings. The van der Waals surface area contributed by atoms with Gasteiger partial charge in [0.25, 0.3) is 0 Å². The predicted octanol–water partition coefficient (Wildman–Crippen LogP) is 1.00. The highest BCUT2D eigenvalue weighted by molar-refractivity contribution is 5.33. The number of nitrogens with one attached hydrogen (secondary N) is 1. The summed E-state index contributed by atoms with van der Waals surface area (Å²) in [5.74, 6) is 0.451. The van der Waals surface area contributed by atoms with Crippen LogP contribution in [-0.4, -0.2) is 19.7 Å². The van der Waals surface area contributed by atoms with E-state index in [1.165, 1.54) is 0 Å². The highest BCUT2D eigenvalue weighted by Crippen LogP contribution is 2.05. The molecule has 6 heteroatoms. The average molecular weight is 228 g/mol. The van der Waals surface area contributed by atoms with Gasteiger partial charge in [0, 0.05) is 18.9 Å². The van der Waals surface area contributed by atoms with Crippen molar-refractivity contribution < 1.29 is 0 Å². The highest BCUT2D eigenvalue weighted by atomic mass is 15.3. The molecular weight excluding hydrogens is 216 g/mol. The van der Waals surface area contributed by atoms with Crippen LogP contribution in [0.4, 0.5) is 5.95 Å². The number of aromatic nitrogens is 4. The highest BCUT2D eigenvalue weighted by Gasteiger charge is 2.02. The third-order valence-electron chi connectivity index (χ3n) is 2.17. The summed E-state index contributed by atoms with van der Waals surface area (Å²) in [6.07, 6.45) is 1.87. The molecule has 0 unspecified atom stereocenters. The third kappa shape index (κ3) is 2.78. The molecule has 0 saturated heterocycles. The molecule has 0 atom stereocenters. The molecular formula is C11H12N6. The van der Waals surface area contributed by atoms with Gasteiger partial charge in [-0.3, -0.25) is 4.68 Å². The molecule has 2 rings (SSSR count). The van der Waals surface area contributed by atoms with Crippen LogP contribution in [0, 0.1) is 18.3 Å². The van der Waals surface area contributed by atoms with Gasteiger partial charge in [0.2, 0.25) is 5.95 Å². The van der Waals surface area contributed by atoms with E-state index in [1.807, 2.05) is 32.3 Å². The van der Waals surface area contributed by atoms with Crippen LogP contribution in [0.5, 0.6) is 0 Å². The molecule has 0 spiro atoms. The Balaban J connectivity index is 2.09. The maximum absolute atomic E-state index is 8.79. The van der Waals surface area contributed by atoms with Crippen LogP contribution in [-0.2, 0) is 13.6 Å². The van der Waals surface area contributed by atoms with Gasteiger partial charge in [-0.2, -0.15) is 10.4 Å². The standard InChI is InChI=1S/C11H12N6/c1-8-5-10(6-12)15-11(14-8)13-7-9-3-4-17(2)16-9/h3-5H,7H2,1-2H3,(H,13,14,15). The summed E-state index contributed by atoms with van der Waals surface area (Å²) in [4.78, 5) is 8.25.